The minimum absolute atomic E-state index is 0.0415. The van der Waals surface area contributed by atoms with E-state index in [2.05, 4.69) is 28.9 Å². The number of hydrogen-bond donors (Lipinski definition) is 2. The maximum absolute atomic E-state index is 13.1. The third-order valence-electron chi connectivity index (χ3n) is 5.99. The second-order valence-corrected chi connectivity index (χ2v) is 11.2. The van der Waals surface area contributed by atoms with Gasteiger partial charge in [0.05, 0.1) is 28.1 Å². The van der Waals surface area contributed by atoms with E-state index >= 15 is 0 Å². The lowest BCUT2D eigenvalue weighted by Gasteiger charge is -2.15. The number of aryl methyl sites for hydroxylation is 1. The van der Waals surface area contributed by atoms with Gasteiger partial charge in [-0.15, -0.1) is 0 Å². The quantitative estimate of drug-likeness (QED) is 0.139. The maximum atomic E-state index is 13.1. The molecule has 1 aromatic heterocycles. The molecule has 4 rings (SSSR count). The predicted molar refractivity (Wildman–Crippen MR) is 155 cm³/mol. The van der Waals surface area contributed by atoms with Crippen LogP contribution in [0.15, 0.2) is 71.6 Å². The van der Waals surface area contributed by atoms with Gasteiger partial charge in [-0.2, -0.15) is 0 Å². The Balaban J connectivity index is 1.63. The van der Waals surface area contributed by atoms with Gasteiger partial charge in [0.1, 0.15) is 0 Å². The van der Waals surface area contributed by atoms with Crippen molar-refractivity contribution >= 4 is 56.0 Å². The van der Waals surface area contributed by atoms with Crippen LogP contribution in [0.1, 0.15) is 55.5 Å². The molecule has 0 fully saturated rings. The summed E-state index contributed by atoms with van der Waals surface area (Å²) >= 11 is 5.93. The number of sulfonamides is 1. The third-order valence-corrected chi connectivity index (χ3v) is 7.59. The second-order valence-electron chi connectivity index (χ2n) is 9.10. The van der Waals surface area contributed by atoms with E-state index < -0.39 is 10.0 Å². The fraction of sp³-hybridized carbons (Fsp3) is 0.276. The number of anilines is 3. The Bertz CT molecular complexity index is 1540. The molecule has 0 unspecified atom stereocenters. The molecule has 0 aliphatic rings. The predicted octanol–water partition coefficient (Wildman–Crippen LogP) is 7.13. The van der Waals surface area contributed by atoms with Crippen LogP contribution in [0.3, 0.4) is 0 Å². The van der Waals surface area contributed by atoms with Crippen LogP contribution in [0.2, 0.25) is 5.02 Å². The molecule has 0 atom stereocenters. The largest absolute Gasteiger partial charge is 0.462 e. The third kappa shape index (κ3) is 7.46. The Kier molecular flexibility index (Phi) is 9.37. The smallest absolute Gasteiger partial charge is 0.338 e. The summed E-state index contributed by atoms with van der Waals surface area (Å²) in [7, 11) is -3.97. The number of nitrogens with zero attached hydrogens (tertiary/aromatic N) is 2. The zero-order valence-corrected chi connectivity index (χ0v) is 23.5. The normalized spacial score (nSPS) is 11.4. The van der Waals surface area contributed by atoms with Gasteiger partial charge in [-0.05, 0) is 79.1 Å². The highest BCUT2D eigenvalue weighted by Gasteiger charge is 2.19. The molecular formula is C29H31ClN4O4S. The maximum Gasteiger partial charge on any atom is 0.338 e. The Morgan fingerprint density at radius 3 is 2.28 bits per heavy atom. The number of aromatic nitrogens is 2. The van der Waals surface area contributed by atoms with Gasteiger partial charge >= 0.3 is 5.97 Å². The number of rotatable bonds is 12. The molecule has 204 valence electrons. The average molecular weight is 567 g/mol. The molecule has 39 heavy (non-hydrogen) atoms. The lowest BCUT2D eigenvalue weighted by molar-refractivity contribution is 0.0498. The van der Waals surface area contributed by atoms with Crippen molar-refractivity contribution in [3.8, 4) is 0 Å². The van der Waals surface area contributed by atoms with Crippen molar-refractivity contribution < 1.29 is 17.9 Å². The number of ether oxygens (including phenoxy) is 1. The summed E-state index contributed by atoms with van der Waals surface area (Å²) in [6.07, 6.45) is 4.76. The van der Waals surface area contributed by atoms with Crippen molar-refractivity contribution in [2.75, 3.05) is 16.6 Å². The molecule has 0 saturated heterocycles. The van der Waals surface area contributed by atoms with Crippen LogP contribution in [-0.2, 0) is 21.2 Å². The summed E-state index contributed by atoms with van der Waals surface area (Å²) in [5, 5.41) is 3.58. The van der Waals surface area contributed by atoms with Gasteiger partial charge < -0.3 is 10.1 Å². The number of hydrogen-bond acceptors (Lipinski definition) is 7. The lowest BCUT2D eigenvalue weighted by atomic mass is 10.1. The summed E-state index contributed by atoms with van der Waals surface area (Å²) in [5.74, 6) is -0.119. The Labute approximate surface area is 233 Å². The molecule has 1 heterocycles. The van der Waals surface area contributed by atoms with Crippen molar-refractivity contribution in [3.63, 3.8) is 0 Å². The van der Waals surface area contributed by atoms with Crippen LogP contribution in [0.4, 0.5) is 17.3 Å². The van der Waals surface area contributed by atoms with Gasteiger partial charge in [0, 0.05) is 10.7 Å². The number of benzene rings is 3. The molecular weight excluding hydrogens is 536 g/mol. The number of esters is 1. The van der Waals surface area contributed by atoms with E-state index in [1.54, 1.807) is 24.3 Å². The van der Waals surface area contributed by atoms with E-state index in [4.69, 9.17) is 21.3 Å². The molecule has 0 saturated carbocycles. The number of unbranched alkanes of at least 4 members (excludes halogenated alkanes) is 2. The zero-order chi connectivity index (χ0) is 27.8. The van der Waals surface area contributed by atoms with Crippen LogP contribution in [0, 0.1) is 0 Å². The van der Waals surface area contributed by atoms with Crippen molar-refractivity contribution in [1.82, 2.24) is 9.97 Å². The molecule has 3 aromatic carbocycles. The molecule has 0 amide bonds. The summed E-state index contributed by atoms with van der Waals surface area (Å²) in [6.45, 7) is 4.57. The first-order valence-corrected chi connectivity index (χ1v) is 14.8. The van der Waals surface area contributed by atoms with Gasteiger partial charge in [0.25, 0.3) is 10.0 Å². The van der Waals surface area contributed by atoms with E-state index in [0.717, 1.165) is 37.7 Å². The average Bonchev–Trinajstić information content (AvgIpc) is 2.92. The fourth-order valence-corrected chi connectivity index (χ4v) is 5.06. The van der Waals surface area contributed by atoms with E-state index in [-0.39, 0.29) is 22.5 Å². The molecule has 0 aliphatic carbocycles. The van der Waals surface area contributed by atoms with Crippen molar-refractivity contribution in [2.45, 2.75) is 50.8 Å². The van der Waals surface area contributed by atoms with Gasteiger partial charge in [0.15, 0.2) is 11.6 Å². The second kappa shape index (κ2) is 12.9. The van der Waals surface area contributed by atoms with E-state index in [9.17, 15) is 13.2 Å². The molecule has 4 aromatic rings. The SMILES string of the molecule is CCCCCOC(=O)c1ccc(Nc2nc3cc(CCC)ccc3nc2NS(=O)(=O)c2ccc(Cl)cc2)cc1. The van der Waals surface area contributed by atoms with E-state index in [1.165, 1.54) is 24.3 Å². The number of carbonyl (C=O) groups excluding carboxylic acids is 1. The van der Waals surface area contributed by atoms with Crippen molar-refractivity contribution in [2.24, 2.45) is 0 Å². The lowest BCUT2D eigenvalue weighted by Crippen LogP contribution is -2.16. The van der Waals surface area contributed by atoms with Gasteiger partial charge in [0.2, 0.25) is 0 Å². The first-order valence-electron chi connectivity index (χ1n) is 12.9. The first-order chi connectivity index (χ1) is 18.8. The van der Waals surface area contributed by atoms with Gasteiger partial charge in [-0.1, -0.05) is 50.8 Å². The molecule has 2 N–H and O–H groups in total. The fourth-order valence-electron chi connectivity index (χ4n) is 3.93. The molecule has 0 spiro atoms. The molecule has 0 bridgehead atoms. The molecule has 0 aliphatic heterocycles. The Morgan fingerprint density at radius 2 is 1.59 bits per heavy atom. The highest BCUT2D eigenvalue weighted by molar-refractivity contribution is 7.92. The minimum atomic E-state index is -3.97. The summed E-state index contributed by atoms with van der Waals surface area (Å²) < 4.78 is 34.2. The van der Waals surface area contributed by atoms with Crippen LogP contribution >= 0.6 is 11.6 Å². The molecule has 10 heteroatoms. The Morgan fingerprint density at radius 1 is 0.872 bits per heavy atom. The number of halogens is 1. The topological polar surface area (TPSA) is 110 Å². The van der Waals surface area contributed by atoms with Crippen LogP contribution < -0.4 is 10.0 Å². The highest BCUT2D eigenvalue weighted by atomic mass is 35.5. The monoisotopic (exact) mass is 566 g/mol. The first kappa shape index (κ1) is 28.3. The van der Waals surface area contributed by atoms with E-state index in [0.29, 0.717) is 33.9 Å². The van der Waals surface area contributed by atoms with Crippen molar-refractivity contribution in [1.29, 1.82) is 0 Å². The molecule has 8 nitrogen and oxygen atoms in total. The van der Waals surface area contributed by atoms with Crippen LogP contribution in [0.5, 0.6) is 0 Å². The zero-order valence-electron chi connectivity index (χ0n) is 21.9. The minimum Gasteiger partial charge on any atom is -0.462 e. The van der Waals surface area contributed by atoms with Crippen molar-refractivity contribution in [3.05, 3.63) is 82.9 Å². The number of fused-ring (bicyclic) bond motifs is 1. The Hall–Kier alpha value is -3.69. The standard InChI is InChI=1S/C29H31ClN4O4S/c1-3-5-6-18-38-29(35)21-9-13-23(14-10-21)31-27-28(34-39(36,37)24-15-11-22(30)12-16-24)32-25-17-8-20(7-4-2)19-26(25)33-27/h8-17,19H,3-7,18H2,1-2H3,(H,31,33)(H,32,34). The summed E-state index contributed by atoms with van der Waals surface area (Å²) in [6, 6.07) is 18.3. The van der Waals surface area contributed by atoms with Crippen LogP contribution in [0.25, 0.3) is 11.0 Å². The summed E-state index contributed by atoms with van der Waals surface area (Å²) in [5.41, 5.74) is 3.32. The van der Waals surface area contributed by atoms with Gasteiger partial charge in [-0.3, -0.25) is 4.72 Å². The number of carbonyl (C=O) groups is 1. The molecule has 0 radical (unpaired) electrons. The number of nitrogens with one attached hydrogen (secondary N) is 2. The van der Waals surface area contributed by atoms with Gasteiger partial charge in [-0.25, -0.2) is 23.2 Å². The highest BCUT2D eigenvalue weighted by Crippen LogP contribution is 2.28. The summed E-state index contributed by atoms with van der Waals surface area (Å²) in [4.78, 5) is 21.7. The van der Waals surface area contributed by atoms with Crippen LogP contribution in [-0.4, -0.2) is 31.0 Å². The van der Waals surface area contributed by atoms with E-state index in [1.807, 2.05) is 18.2 Å².